The molecule has 1 aromatic rings. The minimum Gasteiger partial charge on any atom is -0.664 e. The minimum atomic E-state index is -0.830. The minimum absolute atomic E-state index is 0. The first-order valence-electron chi connectivity index (χ1n) is 2.42. The molecule has 0 spiro atoms. The van der Waals surface area contributed by atoms with Gasteiger partial charge >= 0.3 is 0 Å². The molecule has 6 heteroatoms. The summed E-state index contributed by atoms with van der Waals surface area (Å²) in [6.45, 7) is 1.72. The van der Waals surface area contributed by atoms with E-state index >= 15 is 0 Å². The van der Waals surface area contributed by atoms with Crippen LogP contribution in [0, 0.1) is 38.0 Å². The SMILES string of the molecule is Cc1cnc(C([NH-])=O)[n-]1.[U].[V]. The number of hydrogen-bond acceptors (Lipinski definition) is 2. The average Bonchev–Trinajstić information content (AvgIpc) is 2.14. The maximum Gasteiger partial charge on any atom is 0.0713 e. The summed E-state index contributed by atoms with van der Waals surface area (Å²) in [5, 5.41) is 0. The predicted octanol–water partition coefficient (Wildman–Crippen LogP) is 0.537. The summed E-state index contributed by atoms with van der Waals surface area (Å²) in [6, 6.07) is 0. The first kappa shape index (κ1) is 13.9. The van der Waals surface area contributed by atoms with Crippen molar-refractivity contribution in [2.75, 3.05) is 0 Å². The number of hydrogen-bond donors (Lipinski definition) is 0. The molecular formula is C5H5N3OUV-2. The molecule has 11 heavy (non-hydrogen) atoms. The molecule has 1 rings (SSSR count). The Labute approximate surface area is 100.0 Å². The molecule has 4 nitrogen and oxygen atoms in total. The van der Waals surface area contributed by atoms with Crippen LogP contribution in [0.15, 0.2) is 6.20 Å². The second-order valence-electron chi connectivity index (χ2n) is 1.66. The Morgan fingerprint density at radius 3 is 2.45 bits per heavy atom. The van der Waals surface area contributed by atoms with Crippen molar-refractivity contribution in [2.24, 2.45) is 0 Å². The van der Waals surface area contributed by atoms with Crippen LogP contribution in [0.2, 0.25) is 0 Å². The normalized spacial score (nSPS) is 7.73. The van der Waals surface area contributed by atoms with E-state index in [4.69, 9.17) is 5.73 Å². The van der Waals surface area contributed by atoms with E-state index in [0.717, 1.165) is 0 Å². The first-order chi connectivity index (χ1) is 4.20. The van der Waals surface area contributed by atoms with Gasteiger partial charge in [-0.25, -0.2) is 0 Å². The molecule has 1 heterocycles. The number of nitrogens with one attached hydrogen (secondary N) is 1. The molecule has 0 unspecified atom stereocenters. The molecular weight excluding hydrogens is 407 g/mol. The van der Waals surface area contributed by atoms with E-state index in [0.29, 0.717) is 5.69 Å². The zero-order chi connectivity index (χ0) is 6.85. The van der Waals surface area contributed by atoms with Crippen LogP contribution >= 0.6 is 0 Å². The number of aromatic nitrogens is 2. The summed E-state index contributed by atoms with van der Waals surface area (Å²) in [5.41, 5.74) is 7.24. The third-order valence-corrected chi connectivity index (χ3v) is 0.859. The molecule has 0 aliphatic carbocycles. The second kappa shape index (κ2) is 5.90. The summed E-state index contributed by atoms with van der Waals surface area (Å²) < 4.78 is 0. The Bertz CT molecular complexity index is 237. The Morgan fingerprint density at radius 1 is 1.73 bits per heavy atom. The monoisotopic (exact) mass is 412 g/mol. The number of aryl methyl sites for hydroxylation is 1. The van der Waals surface area contributed by atoms with Crippen LogP contribution in [0.3, 0.4) is 0 Å². The van der Waals surface area contributed by atoms with Crippen molar-refractivity contribution in [1.29, 1.82) is 0 Å². The third-order valence-electron chi connectivity index (χ3n) is 0.859. The van der Waals surface area contributed by atoms with Crippen LogP contribution in [-0.4, -0.2) is 10.9 Å². The second-order valence-corrected chi connectivity index (χ2v) is 1.66. The standard InChI is InChI=1S/C5H6N3O.U.V/c1-3-2-7-5(8-3)4(6)9;;/h2H,1H3,(H2-,6,7,8,9);;/q-1;;/p-1. The Hall–Kier alpha value is 0.316. The van der Waals surface area contributed by atoms with E-state index in [1.165, 1.54) is 6.20 Å². The van der Waals surface area contributed by atoms with Crippen LogP contribution in [0.5, 0.6) is 0 Å². The molecule has 1 radical (unpaired) electrons. The van der Waals surface area contributed by atoms with Crippen molar-refractivity contribution in [3.63, 3.8) is 0 Å². The Balaban J connectivity index is 0. The van der Waals surface area contributed by atoms with Gasteiger partial charge in [0.05, 0.1) is 5.91 Å². The van der Waals surface area contributed by atoms with Crippen molar-refractivity contribution < 1.29 is 54.5 Å². The van der Waals surface area contributed by atoms with E-state index in [9.17, 15) is 4.79 Å². The van der Waals surface area contributed by atoms with E-state index in [2.05, 4.69) is 9.97 Å². The van der Waals surface area contributed by atoms with Gasteiger partial charge in [0.15, 0.2) is 0 Å². The van der Waals surface area contributed by atoms with E-state index in [1.54, 1.807) is 6.92 Å². The van der Waals surface area contributed by atoms with Gasteiger partial charge in [0.1, 0.15) is 0 Å². The fourth-order valence-corrected chi connectivity index (χ4v) is 0.489. The van der Waals surface area contributed by atoms with Crippen molar-refractivity contribution in [3.05, 3.63) is 23.4 Å². The van der Waals surface area contributed by atoms with Crippen molar-refractivity contribution in [2.45, 2.75) is 6.92 Å². The molecule has 1 aromatic heterocycles. The zero-order valence-electron chi connectivity index (χ0n) is 5.83. The van der Waals surface area contributed by atoms with E-state index < -0.39 is 5.91 Å². The van der Waals surface area contributed by atoms with Gasteiger partial charge in [-0.1, -0.05) is 11.9 Å². The molecule has 0 saturated carbocycles. The van der Waals surface area contributed by atoms with Gasteiger partial charge in [0, 0.05) is 49.7 Å². The van der Waals surface area contributed by atoms with Gasteiger partial charge in [0.25, 0.3) is 0 Å². The molecule has 0 atom stereocenters. The summed E-state index contributed by atoms with van der Waals surface area (Å²) in [6.07, 6.45) is 1.46. The molecule has 1 amide bonds. The van der Waals surface area contributed by atoms with Crippen LogP contribution < -0.4 is 4.98 Å². The maximum atomic E-state index is 10.2. The van der Waals surface area contributed by atoms with Gasteiger partial charge in [-0.2, -0.15) is 0 Å². The van der Waals surface area contributed by atoms with Crippen LogP contribution in [0.4, 0.5) is 0 Å². The summed E-state index contributed by atoms with van der Waals surface area (Å²) in [7, 11) is 0. The maximum absolute atomic E-state index is 10.2. The van der Waals surface area contributed by atoms with E-state index in [1.807, 2.05) is 0 Å². The third kappa shape index (κ3) is 4.02. The molecule has 0 bridgehead atoms. The number of carbonyl (C=O) groups is 1. The topological polar surface area (TPSA) is 67.9 Å². The molecule has 57 valence electrons. The Morgan fingerprint density at radius 2 is 2.27 bits per heavy atom. The van der Waals surface area contributed by atoms with E-state index in [-0.39, 0.29) is 55.5 Å². The molecule has 0 aromatic carbocycles. The van der Waals surface area contributed by atoms with Gasteiger partial charge in [0.2, 0.25) is 0 Å². The number of nitrogens with zero attached hydrogens (tertiary/aromatic N) is 2. The van der Waals surface area contributed by atoms with Crippen molar-refractivity contribution in [3.8, 4) is 0 Å². The molecule has 0 saturated heterocycles. The van der Waals surface area contributed by atoms with Crippen molar-refractivity contribution >= 4 is 5.91 Å². The van der Waals surface area contributed by atoms with Crippen molar-refractivity contribution in [1.82, 2.24) is 9.97 Å². The fourth-order valence-electron chi connectivity index (χ4n) is 0.489. The number of imidazole rings is 1. The fraction of sp³-hybridized carbons (Fsp3) is 0.200. The summed E-state index contributed by atoms with van der Waals surface area (Å²) in [4.78, 5) is 17.4. The Kier molecular flexibility index (Phi) is 7.45. The summed E-state index contributed by atoms with van der Waals surface area (Å²) >= 11 is 0. The van der Waals surface area contributed by atoms with Gasteiger partial charge in [-0.15, -0.1) is 0 Å². The molecule has 0 aliphatic heterocycles. The smallest absolute Gasteiger partial charge is 0.0713 e. The van der Waals surface area contributed by atoms with Gasteiger partial charge in [-0.3, -0.25) is 0 Å². The van der Waals surface area contributed by atoms with Crippen LogP contribution in [0.1, 0.15) is 16.3 Å². The molecule has 0 aliphatic rings. The quantitative estimate of drug-likeness (QED) is 0.677. The first-order valence-corrected chi connectivity index (χ1v) is 2.42. The predicted molar refractivity (Wildman–Crippen MR) is 30.9 cm³/mol. The summed E-state index contributed by atoms with van der Waals surface area (Å²) in [5.74, 6) is -0.851. The van der Waals surface area contributed by atoms with Crippen LogP contribution in [0.25, 0.3) is 5.73 Å². The largest absolute Gasteiger partial charge is 0.664 e. The molecule has 1 N–H and O–H groups in total. The molecule has 0 fully saturated rings. The average molecular weight is 412 g/mol. The van der Waals surface area contributed by atoms with Gasteiger partial charge < -0.3 is 20.5 Å². The number of amides is 1. The zero-order valence-corrected chi connectivity index (χ0v) is 11.4. The number of rotatable bonds is 1. The van der Waals surface area contributed by atoms with Crippen LogP contribution in [-0.2, 0) is 18.6 Å². The van der Waals surface area contributed by atoms with Gasteiger partial charge in [-0.05, 0) is 12.7 Å². The number of carbonyl (C=O) groups excluding carboxylic acids is 1.